The van der Waals surface area contributed by atoms with Gasteiger partial charge in [0.15, 0.2) is 0 Å². The first-order valence-electron chi connectivity index (χ1n) is 6.32. The minimum atomic E-state index is 0.0351. The Bertz CT molecular complexity index is 367. The molecule has 0 saturated carbocycles. The van der Waals surface area contributed by atoms with Crippen molar-refractivity contribution in [2.45, 2.75) is 32.4 Å². The van der Waals surface area contributed by atoms with Crippen LogP contribution < -0.4 is 10.5 Å². The SMILES string of the molecule is CCOc1cccc(C(N)C2CCOC2C)c1. The molecule has 0 amide bonds. The first kappa shape index (κ1) is 12.4. The Morgan fingerprint density at radius 3 is 3.00 bits per heavy atom. The summed E-state index contributed by atoms with van der Waals surface area (Å²) in [6.45, 7) is 5.59. The molecule has 1 aromatic carbocycles. The highest BCUT2D eigenvalue weighted by Gasteiger charge is 2.30. The Morgan fingerprint density at radius 2 is 2.35 bits per heavy atom. The van der Waals surface area contributed by atoms with E-state index in [1.54, 1.807) is 0 Å². The van der Waals surface area contributed by atoms with Gasteiger partial charge in [-0.15, -0.1) is 0 Å². The van der Waals surface area contributed by atoms with Gasteiger partial charge in [0.1, 0.15) is 5.75 Å². The van der Waals surface area contributed by atoms with Crippen LogP contribution in [0.5, 0.6) is 5.75 Å². The van der Waals surface area contributed by atoms with Crippen molar-refractivity contribution in [1.29, 1.82) is 0 Å². The monoisotopic (exact) mass is 235 g/mol. The molecule has 0 aliphatic carbocycles. The number of hydrogen-bond donors (Lipinski definition) is 1. The quantitative estimate of drug-likeness (QED) is 0.872. The molecule has 0 aromatic heterocycles. The minimum absolute atomic E-state index is 0.0351. The molecule has 2 N–H and O–H groups in total. The van der Waals surface area contributed by atoms with E-state index in [1.165, 1.54) is 0 Å². The lowest BCUT2D eigenvalue weighted by atomic mass is 9.89. The summed E-state index contributed by atoms with van der Waals surface area (Å²) in [4.78, 5) is 0. The first-order valence-corrected chi connectivity index (χ1v) is 6.32. The number of benzene rings is 1. The lowest BCUT2D eigenvalue weighted by Gasteiger charge is -2.22. The predicted molar refractivity (Wildman–Crippen MR) is 68.1 cm³/mol. The van der Waals surface area contributed by atoms with Gasteiger partial charge in [0.2, 0.25) is 0 Å². The van der Waals surface area contributed by atoms with E-state index in [-0.39, 0.29) is 12.1 Å². The fourth-order valence-corrected chi connectivity index (χ4v) is 2.45. The van der Waals surface area contributed by atoms with E-state index in [0.717, 1.165) is 24.3 Å². The van der Waals surface area contributed by atoms with E-state index in [1.807, 2.05) is 25.1 Å². The fourth-order valence-electron chi connectivity index (χ4n) is 2.45. The summed E-state index contributed by atoms with van der Waals surface area (Å²) in [6.07, 6.45) is 1.29. The number of hydrogen-bond acceptors (Lipinski definition) is 3. The summed E-state index contributed by atoms with van der Waals surface area (Å²) in [6, 6.07) is 8.11. The third-order valence-electron chi connectivity index (χ3n) is 3.45. The minimum Gasteiger partial charge on any atom is -0.494 e. The second-order valence-electron chi connectivity index (χ2n) is 4.56. The molecule has 0 spiro atoms. The number of nitrogens with two attached hydrogens (primary N) is 1. The van der Waals surface area contributed by atoms with Crippen LogP contribution in [-0.2, 0) is 4.74 Å². The van der Waals surface area contributed by atoms with Gasteiger partial charge in [-0.25, -0.2) is 0 Å². The van der Waals surface area contributed by atoms with E-state index < -0.39 is 0 Å². The van der Waals surface area contributed by atoms with Gasteiger partial charge in [-0.2, -0.15) is 0 Å². The number of rotatable bonds is 4. The summed E-state index contributed by atoms with van der Waals surface area (Å²) in [7, 11) is 0. The van der Waals surface area contributed by atoms with Gasteiger partial charge in [-0.05, 0) is 38.0 Å². The summed E-state index contributed by atoms with van der Waals surface area (Å²) in [5.74, 6) is 1.30. The smallest absolute Gasteiger partial charge is 0.119 e. The highest BCUT2D eigenvalue weighted by atomic mass is 16.5. The van der Waals surface area contributed by atoms with E-state index in [2.05, 4.69) is 13.0 Å². The highest BCUT2D eigenvalue weighted by Crippen LogP contribution is 2.32. The molecule has 3 heteroatoms. The average molecular weight is 235 g/mol. The van der Waals surface area contributed by atoms with Gasteiger partial charge in [0.25, 0.3) is 0 Å². The molecule has 1 aromatic rings. The maximum Gasteiger partial charge on any atom is 0.119 e. The van der Waals surface area contributed by atoms with Gasteiger partial charge in [0, 0.05) is 18.6 Å². The van der Waals surface area contributed by atoms with Crippen molar-refractivity contribution in [2.24, 2.45) is 11.7 Å². The van der Waals surface area contributed by atoms with Crippen LogP contribution in [0.15, 0.2) is 24.3 Å². The van der Waals surface area contributed by atoms with Gasteiger partial charge in [-0.3, -0.25) is 0 Å². The van der Waals surface area contributed by atoms with Crippen molar-refractivity contribution in [3.8, 4) is 5.75 Å². The van der Waals surface area contributed by atoms with Crippen LogP contribution in [0.2, 0.25) is 0 Å². The summed E-state index contributed by atoms with van der Waals surface area (Å²) < 4.78 is 11.1. The lowest BCUT2D eigenvalue weighted by molar-refractivity contribution is 0.0994. The summed E-state index contributed by atoms with van der Waals surface area (Å²) in [5.41, 5.74) is 7.46. The van der Waals surface area contributed by atoms with E-state index in [9.17, 15) is 0 Å². The van der Waals surface area contributed by atoms with E-state index >= 15 is 0 Å². The van der Waals surface area contributed by atoms with E-state index in [4.69, 9.17) is 15.2 Å². The molecule has 1 fully saturated rings. The molecule has 1 aliphatic rings. The number of ether oxygens (including phenoxy) is 2. The molecule has 2 rings (SSSR count). The Labute approximate surface area is 103 Å². The molecule has 1 saturated heterocycles. The second kappa shape index (κ2) is 5.52. The average Bonchev–Trinajstić information content (AvgIpc) is 2.75. The molecule has 3 unspecified atom stereocenters. The van der Waals surface area contributed by atoms with Gasteiger partial charge >= 0.3 is 0 Å². The molecule has 0 radical (unpaired) electrons. The molecule has 1 heterocycles. The van der Waals surface area contributed by atoms with E-state index in [0.29, 0.717) is 12.5 Å². The molecule has 1 aliphatic heterocycles. The zero-order chi connectivity index (χ0) is 12.3. The third kappa shape index (κ3) is 2.79. The van der Waals surface area contributed by atoms with Crippen LogP contribution in [-0.4, -0.2) is 19.3 Å². The standard InChI is InChI=1S/C14H21NO2/c1-3-16-12-6-4-5-11(9-12)14(15)13-7-8-17-10(13)2/h4-6,9-10,13-14H,3,7-8,15H2,1-2H3. The molecular formula is C14H21NO2. The summed E-state index contributed by atoms with van der Waals surface area (Å²) in [5, 5.41) is 0. The molecular weight excluding hydrogens is 214 g/mol. The van der Waals surface area contributed by atoms with Crippen LogP contribution in [0, 0.1) is 5.92 Å². The van der Waals surface area contributed by atoms with Crippen molar-refractivity contribution in [1.82, 2.24) is 0 Å². The van der Waals surface area contributed by atoms with Crippen molar-refractivity contribution >= 4 is 0 Å². The zero-order valence-corrected chi connectivity index (χ0v) is 10.6. The molecule has 94 valence electrons. The fraction of sp³-hybridized carbons (Fsp3) is 0.571. The Hall–Kier alpha value is -1.06. The highest BCUT2D eigenvalue weighted by molar-refractivity contribution is 5.31. The Kier molecular flexibility index (Phi) is 4.02. The molecule has 3 atom stereocenters. The molecule has 17 heavy (non-hydrogen) atoms. The maximum absolute atomic E-state index is 6.32. The first-order chi connectivity index (χ1) is 8.22. The third-order valence-corrected chi connectivity index (χ3v) is 3.45. The zero-order valence-electron chi connectivity index (χ0n) is 10.6. The van der Waals surface area contributed by atoms with Crippen molar-refractivity contribution in [3.05, 3.63) is 29.8 Å². The lowest BCUT2D eigenvalue weighted by Crippen LogP contribution is -2.26. The second-order valence-corrected chi connectivity index (χ2v) is 4.56. The Morgan fingerprint density at radius 1 is 1.53 bits per heavy atom. The summed E-state index contributed by atoms with van der Waals surface area (Å²) >= 11 is 0. The van der Waals surface area contributed by atoms with Crippen molar-refractivity contribution in [3.63, 3.8) is 0 Å². The molecule has 3 nitrogen and oxygen atoms in total. The predicted octanol–water partition coefficient (Wildman–Crippen LogP) is 2.51. The van der Waals surface area contributed by atoms with Crippen LogP contribution in [0.1, 0.15) is 31.9 Å². The van der Waals surface area contributed by atoms with Crippen LogP contribution in [0.3, 0.4) is 0 Å². The maximum atomic E-state index is 6.32. The van der Waals surface area contributed by atoms with Gasteiger partial charge < -0.3 is 15.2 Å². The normalized spacial score (nSPS) is 25.8. The van der Waals surface area contributed by atoms with Crippen molar-refractivity contribution < 1.29 is 9.47 Å². The van der Waals surface area contributed by atoms with Crippen LogP contribution in [0.25, 0.3) is 0 Å². The van der Waals surface area contributed by atoms with Gasteiger partial charge in [0.05, 0.1) is 12.7 Å². The van der Waals surface area contributed by atoms with Crippen LogP contribution >= 0.6 is 0 Å². The molecule has 0 bridgehead atoms. The largest absolute Gasteiger partial charge is 0.494 e. The topological polar surface area (TPSA) is 44.5 Å². The van der Waals surface area contributed by atoms with Gasteiger partial charge in [-0.1, -0.05) is 12.1 Å². The van der Waals surface area contributed by atoms with Crippen LogP contribution in [0.4, 0.5) is 0 Å². The van der Waals surface area contributed by atoms with Crippen molar-refractivity contribution in [2.75, 3.05) is 13.2 Å². The Balaban J connectivity index is 2.12.